The molecule has 0 aliphatic heterocycles. The molecule has 0 bridgehead atoms. The summed E-state index contributed by atoms with van der Waals surface area (Å²) in [5, 5.41) is 0. The van der Waals surface area contributed by atoms with Gasteiger partial charge < -0.3 is 10.5 Å². The molecule has 0 aliphatic rings. The lowest BCUT2D eigenvalue weighted by atomic mass is 10.1. The van der Waals surface area contributed by atoms with Crippen LogP contribution in [0.5, 0.6) is 5.75 Å². The predicted octanol–water partition coefficient (Wildman–Crippen LogP) is 0.0847. The van der Waals surface area contributed by atoms with Crippen molar-refractivity contribution in [2.24, 2.45) is 5.73 Å². The van der Waals surface area contributed by atoms with Gasteiger partial charge in [0.1, 0.15) is 17.6 Å². The highest BCUT2D eigenvalue weighted by atomic mass is 19.1. The highest BCUT2D eigenvalue weighted by molar-refractivity contribution is 5.83. The lowest BCUT2D eigenvalue weighted by Crippen LogP contribution is -2.40. The van der Waals surface area contributed by atoms with Crippen LogP contribution in [-0.4, -0.2) is 20.1 Å². The minimum Gasteiger partial charge on any atom is -0.496 e. The number of carbonyl (C=O) groups is 1. The van der Waals surface area contributed by atoms with Crippen molar-refractivity contribution in [3.05, 3.63) is 29.6 Å². The van der Waals surface area contributed by atoms with E-state index in [4.69, 9.17) is 10.5 Å². The molecule has 0 saturated heterocycles. The average Bonchev–Trinajstić information content (AvgIpc) is 2.28. The van der Waals surface area contributed by atoms with Crippen molar-refractivity contribution in [1.82, 2.24) is 10.9 Å². The minimum atomic E-state index is -0.988. The van der Waals surface area contributed by atoms with Crippen molar-refractivity contribution < 1.29 is 13.9 Å². The molecule has 5 nitrogen and oxygen atoms in total. The number of halogens is 1. The second-order valence-corrected chi connectivity index (χ2v) is 3.10. The molecule has 1 atom stereocenters. The van der Waals surface area contributed by atoms with E-state index in [1.807, 2.05) is 0 Å². The van der Waals surface area contributed by atoms with Gasteiger partial charge in [-0.15, -0.1) is 0 Å². The van der Waals surface area contributed by atoms with E-state index in [2.05, 4.69) is 10.9 Å². The molecule has 1 aromatic rings. The largest absolute Gasteiger partial charge is 0.496 e. The lowest BCUT2D eigenvalue weighted by molar-refractivity contribution is -0.123. The van der Waals surface area contributed by atoms with Gasteiger partial charge in [0.15, 0.2) is 0 Å². The first-order valence-corrected chi connectivity index (χ1v) is 4.65. The molecular formula is C10H14FN3O2. The Morgan fingerprint density at radius 1 is 1.56 bits per heavy atom. The monoisotopic (exact) mass is 227 g/mol. The normalized spacial score (nSPS) is 12.0. The maximum Gasteiger partial charge on any atom is 0.255 e. The summed E-state index contributed by atoms with van der Waals surface area (Å²) in [5.74, 6) is -0.560. The fourth-order valence-electron chi connectivity index (χ4n) is 1.29. The average molecular weight is 227 g/mol. The van der Waals surface area contributed by atoms with E-state index in [1.165, 1.54) is 32.4 Å². The molecule has 1 rings (SSSR count). The van der Waals surface area contributed by atoms with E-state index < -0.39 is 17.8 Å². The third-order valence-corrected chi connectivity index (χ3v) is 2.06. The van der Waals surface area contributed by atoms with E-state index in [0.717, 1.165) is 0 Å². The number of hydrogen-bond donors (Lipinski definition) is 3. The Bertz CT molecular complexity index is 384. The second kappa shape index (κ2) is 5.43. The van der Waals surface area contributed by atoms with Gasteiger partial charge >= 0.3 is 0 Å². The number of ether oxygens (including phenoxy) is 1. The number of nitrogens with two attached hydrogens (primary N) is 1. The number of hydrogen-bond acceptors (Lipinski definition) is 4. The van der Waals surface area contributed by atoms with Crippen LogP contribution >= 0.6 is 0 Å². The molecule has 6 heteroatoms. The van der Waals surface area contributed by atoms with Gasteiger partial charge in [0.25, 0.3) is 5.91 Å². The van der Waals surface area contributed by atoms with E-state index in [0.29, 0.717) is 11.3 Å². The second-order valence-electron chi connectivity index (χ2n) is 3.10. The zero-order valence-electron chi connectivity index (χ0n) is 9.08. The molecule has 0 saturated carbocycles. The quantitative estimate of drug-likeness (QED) is 0.637. The van der Waals surface area contributed by atoms with Crippen molar-refractivity contribution in [3.63, 3.8) is 0 Å². The molecular weight excluding hydrogens is 213 g/mol. The Morgan fingerprint density at radius 2 is 2.25 bits per heavy atom. The molecule has 0 aromatic heterocycles. The van der Waals surface area contributed by atoms with Crippen molar-refractivity contribution in [2.45, 2.75) is 6.04 Å². The SMILES string of the molecule is CNNC(=O)C(N)c1cc(F)ccc1OC. The van der Waals surface area contributed by atoms with Crippen LogP contribution in [0.3, 0.4) is 0 Å². The fourth-order valence-corrected chi connectivity index (χ4v) is 1.29. The third-order valence-electron chi connectivity index (χ3n) is 2.06. The summed E-state index contributed by atoms with van der Waals surface area (Å²) >= 11 is 0. The molecule has 1 aromatic carbocycles. The zero-order chi connectivity index (χ0) is 12.1. The van der Waals surface area contributed by atoms with Gasteiger partial charge in [-0.05, 0) is 18.2 Å². The number of carbonyl (C=O) groups excluding carboxylic acids is 1. The Hall–Kier alpha value is -1.66. The molecule has 1 amide bonds. The molecule has 16 heavy (non-hydrogen) atoms. The lowest BCUT2D eigenvalue weighted by Gasteiger charge is -2.15. The molecule has 0 aliphatic carbocycles. The van der Waals surface area contributed by atoms with E-state index in [9.17, 15) is 9.18 Å². The molecule has 88 valence electrons. The molecule has 0 heterocycles. The summed E-state index contributed by atoms with van der Waals surface area (Å²) < 4.78 is 18.0. The van der Waals surface area contributed by atoms with Gasteiger partial charge in [0, 0.05) is 12.6 Å². The van der Waals surface area contributed by atoms with Crippen LogP contribution in [0.2, 0.25) is 0 Å². The topological polar surface area (TPSA) is 76.4 Å². The van der Waals surface area contributed by atoms with Crippen LogP contribution in [0.25, 0.3) is 0 Å². The molecule has 0 radical (unpaired) electrons. The summed E-state index contributed by atoms with van der Waals surface area (Å²) in [5.41, 5.74) is 10.8. The van der Waals surface area contributed by atoms with Crippen molar-refractivity contribution >= 4 is 5.91 Å². The Balaban J connectivity index is 3.01. The van der Waals surface area contributed by atoms with E-state index in [-0.39, 0.29) is 0 Å². The van der Waals surface area contributed by atoms with Crippen LogP contribution < -0.4 is 21.3 Å². The van der Waals surface area contributed by atoms with Crippen molar-refractivity contribution in [1.29, 1.82) is 0 Å². The summed E-state index contributed by atoms with van der Waals surface area (Å²) in [4.78, 5) is 11.4. The van der Waals surface area contributed by atoms with Crippen LogP contribution in [0.4, 0.5) is 4.39 Å². The van der Waals surface area contributed by atoms with E-state index >= 15 is 0 Å². The zero-order valence-corrected chi connectivity index (χ0v) is 9.08. The van der Waals surface area contributed by atoms with Crippen LogP contribution in [-0.2, 0) is 4.79 Å². The molecule has 0 fully saturated rings. The number of amides is 1. The van der Waals surface area contributed by atoms with E-state index in [1.54, 1.807) is 0 Å². The van der Waals surface area contributed by atoms with Crippen LogP contribution in [0.1, 0.15) is 11.6 Å². The van der Waals surface area contributed by atoms with Crippen molar-refractivity contribution in [2.75, 3.05) is 14.2 Å². The smallest absolute Gasteiger partial charge is 0.255 e. The molecule has 1 unspecified atom stereocenters. The number of nitrogens with one attached hydrogen (secondary N) is 2. The summed E-state index contributed by atoms with van der Waals surface area (Å²) in [7, 11) is 2.97. The van der Waals surface area contributed by atoms with Gasteiger partial charge in [-0.2, -0.15) is 0 Å². The Kier molecular flexibility index (Phi) is 4.21. The maximum atomic E-state index is 13.0. The molecule has 0 spiro atoms. The third kappa shape index (κ3) is 2.68. The summed E-state index contributed by atoms with van der Waals surface area (Å²) in [6, 6.07) is 2.86. The van der Waals surface area contributed by atoms with Gasteiger partial charge in [-0.3, -0.25) is 10.2 Å². The maximum absolute atomic E-state index is 13.0. The number of benzene rings is 1. The van der Waals surface area contributed by atoms with Crippen LogP contribution in [0, 0.1) is 5.82 Å². The molecule has 4 N–H and O–H groups in total. The number of rotatable bonds is 4. The van der Waals surface area contributed by atoms with Gasteiger partial charge in [-0.25, -0.2) is 9.82 Å². The van der Waals surface area contributed by atoms with Crippen molar-refractivity contribution in [3.8, 4) is 5.75 Å². The number of methoxy groups -OCH3 is 1. The minimum absolute atomic E-state index is 0.301. The van der Waals surface area contributed by atoms with Gasteiger partial charge in [-0.1, -0.05) is 0 Å². The first kappa shape index (κ1) is 12.4. The first-order chi connectivity index (χ1) is 7.60. The Morgan fingerprint density at radius 3 is 2.81 bits per heavy atom. The summed E-state index contributed by atoms with van der Waals surface area (Å²) in [6.07, 6.45) is 0. The standard InChI is InChI=1S/C10H14FN3O2/c1-13-14-10(15)9(12)7-5-6(11)3-4-8(7)16-2/h3-5,9,13H,12H2,1-2H3,(H,14,15). The predicted molar refractivity (Wildman–Crippen MR) is 57.1 cm³/mol. The highest BCUT2D eigenvalue weighted by Gasteiger charge is 2.19. The summed E-state index contributed by atoms with van der Waals surface area (Å²) in [6.45, 7) is 0. The van der Waals surface area contributed by atoms with Gasteiger partial charge in [0.2, 0.25) is 0 Å². The fraction of sp³-hybridized carbons (Fsp3) is 0.300. The first-order valence-electron chi connectivity index (χ1n) is 4.65. The number of hydrazine groups is 1. The highest BCUT2D eigenvalue weighted by Crippen LogP contribution is 2.24. The van der Waals surface area contributed by atoms with Gasteiger partial charge in [0.05, 0.1) is 7.11 Å². The Labute approximate surface area is 92.7 Å². The van der Waals surface area contributed by atoms with Crippen LogP contribution in [0.15, 0.2) is 18.2 Å².